The molecule has 1 rings (SSSR count). The molecule has 0 unspecified atom stereocenters. The largest absolute Gasteiger partial charge is 0.480 e. The Hall–Kier alpha value is -1.35. The minimum atomic E-state index is -0.772. The fourth-order valence-corrected chi connectivity index (χ4v) is 1.89. The maximum atomic E-state index is 10.7. The number of aryl methyl sites for hydroxylation is 2. The summed E-state index contributed by atoms with van der Waals surface area (Å²) in [5.74, 6) is -0.772. The summed E-state index contributed by atoms with van der Waals surface area (Å²) in [5.41, 5.74) is 3.63. The molecule has 0 spiro atoms. The first-order chi connectivity index (χ1) is 7.51. The van der Waals surface area contributed by atoms with E-state index in [1.807, 2.05) is 11.8 Å². The first kappa shape index (κ1) is 12.7. The molecular formula is C13H19NO2. The van der Waals surface area contributed by atoms with Crippen molar-refractivity contribution in [2.45, 2.75) is 27.3 Å². The van der Waals surface area contributed by atoms with E-state index >= 15 is 0 Å². The normalized spacial score (nSPS) is 10.8. The van der Waals surface area contributed by atoms with E-state index in [2.05, 4.69) is 32.0 Å². The standard InChI is InChI=1S/C13H19NO2/c1-4-14(9-13(15)16)8-12-6-10(2)5-11(3)7-12/h5-7H,4,8-9H2,1-3H3,(H,15,16). The summed E-state index contributed by atoms with van der Waals surface area (Å²) in [6.45, 7) is 7.65. The number of likely N-dealkylation sites (N-methyl/N-ethyl adjacent to an activating group) is 1. The van der Waals surface area contributed by atoms with Gasteiger partial charge in [0.25, 0.3) is 0 Å². The molecule has 0 aliphatic heterocycles. The molecule has 0 saturated heterocycles. The second-order valence-electron chi connectivity index (χ2n) is 4.19. The summed E-state index contributed by atoms with van der Waals surface area (Å²) >= 11 is 0. The molecule has 0 aromatic heterocycles. The highest BCUT2D eigenvalue weighted by atomic mass is 16.4. The van der Waals surface area contributed by atoms with E-state index in [4.69, 9.17) is 5.11 Å². The van der Waals surface area contributed by atoms with Crippen molar-refractivity contribution in [3.05, 3.63) is 34.9 Å². The minimum absolute atomic E-state index is 0.101. The summed E-state index contributed by atoms with van der Waals surface area (Å²) in [7, 11) is 0. The fraction of sp³-hybridized carbons (Fsp3) is 0.462. The van der Waals surface area contributed by atoms with Gasteiger partial charge in [-0.1, -0.05) is 36.2 Å². The van der Waals surface area contributed by atoms with Crippen LogP contribution in [0.5, 0.6) is 0 Å². The van der Waals surface area contributed by atoms with Crippen LogP contribution < -0.4 is 0 Å². The molecular weight excluding hydrogens is 202 g/mol. The number of hydrogen-bond acceptors (Lipinski definition) is 2. The predicted octanol–water partition coefficient (Wildman–Crippen LogP) is 2.21. The van der Waals surface area contributed by atoms with Crippen LogP contribution in [-0.2, 0) is 11.3 Å². The summed E-state index contributed by atoms with van der Waals surface area (Å²) in [4.78, 5) is 12.6. The average Bonchev–Trinajstić information content (AvgIpc) is 2.14. The molecule has 1 aromatic rings. The third-order valence-corrected chi connectivity index (χ3v) is 2.49. The van der Waals surface area contributed by atoms with E-state index in [1.54, 1.807) is 0 Å². The molecule has 88 valence electrons. The Bertz CT molecular complexity index is 354. The van der Waals surface area contributed by atoms with E-state index in [9.17, 15) is 4.79 Å². The smallest absolute Gasteiger partial charge is 0.317 e. The fourth-order valence-electron chi connectivity index (χ4n) is 1.89. The van der Waals surface area contributed by atoms with E-state index < -0.39 is 5.97 Å². The van der Waals surface area contributed by atoms with Crippen molar-refractivity contribution >= 4 is 5.97 Å². The van der Waals surface area contributed by atoms with Crippen LogP contribution >= 0.6 is 0 Å². The Labute approximate surface area is 96.7 Å². The molecule has 3 heteroatoms. The SMILES string of the molecule is CCN(CC(=O)O)Cc1cc(C)cc(C)c1. The zero-order valence-corrected chi connectivity index (χ0v) is 10.2. The van der Waals surface area contributed by atoms with Gasteiger partial charge in [-0.3, -0.25) is 9.69 Å². The Kier molecular flexibility index (Phi) is 4.50. The predicted molar refractivity (Wildman–Crippen MR) is 64.5 cm³/mol. The van der Waals surface area contributed by atoms with E-state index in [0.29, 0.717) is 6.54 Å². The lowest BCUT2D eigenvalue weighted by Gasteiger charge is -2.18. The van der Waals surface area contributed by atoms with Gasteiger partial charge in [0.2, 0.25) is 0 Å². The molecule has 0 aliphatic rings. The quantitative estimate of drug-likeness (QED) is 0.828. The Balaban J connectivity index is 2.73. The Morgan fingerprint density at radius 3 is 2.25 bits per heavy atom. The molecule has 1 aromatic carbocycles. The van der Waals surface area contributed by atoms with Crippen LogP contribution in [0.25, 0.3) is 0 Å². The van der Waals surface area contributed by atoms with Crippen LogP contribution in [-0.4, -0.2) is 29.1 Å². The summed E-state index contributed by atoms with van der Waals surface area (Å²) in [6, 6.07) is 6.34. The number of benzene rings is 1. The summed E-state index contributed by atoms with van der Waals surface area (Å²) in [5, 5.41) is 8.76. The van der Waals surface area contributed by atoms with Gasteiger partial charge in [0.15, 0.2) is 0 Å². The molecule has 0 heterocycles. The van der Waals surface area contributed by atoms with Gasteiger partial charge in [-0.2, -0.15) is 0 Å². The van der Waals surface area contributed by atoms with Gasteiger partial charge in [0.1, 0.15) is 0 Å². The van der Waals surface area contributed by atoms with E-state index in [1.165, 1.54) is 16.7 Å². The number of aliphatic carboxylic acids is 1. The van der Waals surface area contributed by atoms with Crippen molar-refractivity contribution in [2.75, 3.05) is 13.1 Å². The van der Waals surface area contributed by atoms with Crippen molar-refractivity contribution in [3.63, 3.8) is 0 Å². The molecule has 0 radical (unpaired) electrons. The highest BCUT2D eigenvalue weighted by Gasteiger charge is 2.08. The number of carbonyl (C=O) groups is 1. The van der Waals surface area contributed by atoms with Crippen molar-refractivity contribution < 1.29 is 9.90 Å². The van der Waals surface area contributed by atoms with Gasteiger partial charge < -0.3 is 5.11 Å². The molecule has 0 fully saturated rings. The first-order valence-electron chi connectivity index (χ1n) is 5.52. The molecule has 16 heavy (non-hydrogen) atoms. The number of carboxylic acids is 1. The van der Waals surface area contributed by atoms with Crippen molar-refractivity contribution in [1.82, 2.24) is 4.90 Å². The zero-order chi connectivity index (χ0) is 12.1. The van der Waals surface area contributed by atoms with Crippen LogP contribution in [0.3, 0.4) is 0 Å². The lowest BCUT2D eigenvalue weighted by Crippen LogP contribution is -2.29. The highest BCUT2D eigenvalue weighted by Crippen LogP contribution is 2.11. The van der Waals surface area contributed by atoms with Crippen molar-refractivity contribution in [3.8, 4) is 0 Å². The Morgan fingerprint density at radius 2 is 1.81 bits per heavy atom. The van der Waals surface area contributed by atoms with E-state index in [-0.39, 0.29) is 6.54 Å². The van der Waals surface area contributed by atoms with Gasteiger partial charge >= 0.3 is 5.97 Å². The monoisotopic (exact) mass is 221 g/mol. The maximum absolute atomic E-state index is 10.7. The van der Waals surface area contributed by atoms with Crippen LogP contribution in [0.2, 0.25) is 0 Å². The maximum Gasteiger partial charge on any atom is 0.317 e. The van der Waals surface area contributed by atoms with E-state index in [0.717, 1.165) is 6.54 Å². The molecule has 3 nitrogen and oxygen atoms in total. The molecule has 1 N–H and O–H groups in total. The van der Waals surface area contributed by atoms with Gasteiger partial charge in [0.05, 0.1) is 6.54 Å². The highest BCUT2D eigenvalue weighted by molar-refractivity contribution is 5.69. The van der Waals surface area contributed by atoms with Crippen LogP contribution in [0.15, 0.2) is 18.2 Å². The molecule has 0 amide bonds. The van der Waals surface area contributed by atoms with Gasteiger partial charge in [0, 0.05) is 6.54 Å². The molecule has 0 bridgehead atoms. The average molecular weight is 221 g/mol. The second kappa shape index (κ2) is 5.66. The first-order valence-corrected chi connectivity index (χ1v) is 5.52. The number of carboxylic acid groups (broad SMARTS) is 1. The lowest BCUT2D eigenvalue weighted by atomic mass is 10.1. The van der Waals surface area contributed by atoms with Crippen LogP contribution in [0.4, 0.5) is 0 Å². The summed E-state index contributed by atoms with van der Waals surface area (Å²) in [6.07, 6.45) is 0. The zero-order valence-electron chi connectivity index (χ0n) is 10.2. The van der Waals surface area contributed by atoms with Crippen molar-refractivity contribution in [1.29, 1.82) is 0 Å². The lowest BCUT2D eigenvalue weighted by molar-refractivity contribution is -0.138. The number of nitrogens with zero attached hydrogens (tertiary/aromatic N) is 1. The van der Waals surface area contributed by atoms with Crippen molar-refractivity contribution in [2.24, 2.45) is 0 Å². The van der Waals surface area contributed by atoms with Gasteiger partial charge in [-0.15, -0.1) is 0 Å². The molecule has 0 saturated carbocycles. The topological polar surface area (TPSA) is 40.5 Å². The van der Waals surface area contributed by atoms with Crippen LogP contribution in [0, 0.1) is 13.8 Å². The number of hydrogen-bond donors (Lipinski definition) is 1. The molecule has 0 aliphatic carbocycles. The molecule has 0 atom stereocenters. The van der Waals surface area contributed by atoms with Crippen LogP contribution in [0.1, 0.15) is 23.6 Å². The summed E-state index contributed by atoms with van der Waals surface area (Å²) < 4.78 is 0. The minimum Gasteiger partial charge on any atom is -0.480 e. The number of rotatable bonds is 5. The Morgan fingerprint density at radius 1 is 1.25 bits per heavy atom. The van der Waals surface area contributed by atoms with Gasteiger partial charge in [-0.05, 0) is 26.0 Å². The second-order valence-corrected chi connectivity index (χ2v) is 4.19. The van der Waals surface area contributed by atoms with Gasteiger partial charge in [-0.25, -0.2) is 0 Å². The third-order valence-electron chi connectivity index (χ3n) is 2.49. The third kappa shape index (κ3) is 4.03.